The smallest absolute Gasteiger partial charge is 0.132 e. The largest absolute Gasteiger partial charge is 0.779 e. The molecule has 1 aliphatic heterocycles. The average molecular weight is 251 g/mol. The first-order chi connectivity index (χ1) is 6.85. The summed E-state index contributed by atoms with van der Waals surface area (Å²) in [6, 6.07) is -0.549. The second-order valence-electron chi connectivity index (χ2n) is 3.51. The summed E-state index contributed by atoms with van der Waals surface area (Å²) in [7, 11) is 5.79. The molecule has 86 valence electrons. The van der Waals surface area contributed by atoms with Crippen LogP contribution in [-0.4, -0.2) is 52.1 Å². The first kappa shape index (κ1) is 13.6. The van der Waals surface area contributed by atoms with E-state index in [1.165, 1.54) is 7.11 Å². The predicted octanol–water partition coefficient (Wildman–Crippen LogP) is -0.662. The Bertz CT molecular complexity index is 258. The summed E-state index contributed by atoms with van der Waals surface area (Å²) in [4.78, 5) is 11.0. The molecule has 1 aliphatic rings. The molecular formula is C7H14BO5P2-. The van der Waals surface area contributed by atoms with Gasteiger partial charge in [-0.1, -0.05) is 0 Å². The minimum absolute atomic E-state index is 0.253. The van der Waals surface area contributed by atoms with Crippen molar-refractivity contribution < 1.29 is 23.5 Å². The Morgan fingerprint density at radius 3 is 2.73 bits per heavy atom. The zero-order chi connectivity index (χ0) is 11.6. The fraction of sp³-hybridized carbons (Fsp3) is 1.00. The standard InChI is InChI=1S/C7H15BO5P2/c1-11-3-4-5(13-15(2,9)10)6(14)7(8)12-4/h4-7H,3,14H2,1-2H3,(H,9,10)/p-1/t4-,5?,6+,7-/m1/s1. The van der Waals surface area contributed by atoms with Crippen molar-refractivity contribution in [2.24, 2.45) is 0 Å². The SMILES string of the molecule is [B][C@@H]1O[C@H](COC)C(OP(C)(=O)[O-])[C@@H]1P. The van der Waals surface area contributed by atoms with Gasteiger partial charge in [0.25, 0.3) is 0 Å². The first-order valence-corrected chi connectivity index (χ1v) is 7.13. The zero-order valence-corrected chi connectivity index (χ0v) is 10.7. The van der Waals surface area contributed by atoms with Gasteiger partial charge in [-0.05, 0) is 0 Å². The summed E-state index contributed by atoms with van der Waals surface area (Å²) >= 11 is 0. The van der Waals surface area contributed by atoms with Crippen LogP contribution >= 0.6 is 16.8 Å². The highest BCUT2D eigenvalue weighted by Gasteiger charge is 2.41. The number of hydrogen-bond donors (Lipinski definition) is 0. The van der Waals surface area contributed by atoms with Gasteiger partial charge in [0, 0.05) is 25.4 Å². The van der Waals surface area contributed by atoms with E-state index in [1.54, 1.807) is 0 Å². The lowest BCUT2D eigenvalue weighted by Gasteiger charge is -2.28. The lowest BCUT2D eigenvalue weighted by atomic mass is 9.95. The van der Waals surface area contributed by atoms with E-state index in [-0.39, 0.29) is 12.3 Å². The van der Waals surface area contributed by atoms with Crippen molar-refractivity contribution in [2.75, 3.05) is 20.4 Å². The molecule has 3 unspecified atom stereocenters. The van der Waals surface area contributed by atoms with Gasteiger partial charge >= 0.3 is 0 Å². The van der Waals surface area contributed by atoms with Gasteiger partial charge < -0.3 is 23.5 Å². The van der Waals surface area contributed by atoms with Gasteiger partial charge in [0.2, 0.25) is 0 Å². The molecule has 0 saturated carbocycles. The molecule has 6 atom stereocenters. The van der Waals surface area contributed by atoms with Gasteiger partial charge in [-0.3, -0.25) is 0 Å². The number of methoxy groups -OCH3 is 1. The summed E-state index contributed by atoms with van der Waals surface area (Å²) in [6.45, 7) is 1.28. The van der Waals surface area contributed by atoms with E-state index < -0.39 is 25.8 Å². The van der Waals surface area contributed by atoms with Crippen LogP contribution in [0.3, 0.4) is 0 Å². The summed E-state index contributed by atoms with van der Waals surface area (Å²) < 4.78 is 26.2. The van der Waals surface area contributed by atoms with Crippen molar-refractivity contribution in [1.82, 2.24) is 0 Å². The van der Waals surface area contributed by atoms with Gasteiger partial charge in [-0.15, -0.1) is 9.24 Å². The van der Waals surface area contributed by atoms with Crippen LogP contribution in [-0.2, 0) is 18.6 Å². The van der Waals surface area contributed by atoms with E-state index in [1.807, 2.05) is 0 Å². The van der Waals surface area contributed by atoms with E-state index in [2.05, 4.69) is 9.24 Å². The lowest BCUT2D eigenvalue weighted by Crippen LogP contribution is -2.34. The van der Waals surface area contributed by atoms with Gasteiger partial charge in [-0.25, -0.2) is 0 Å². The van der Waals surface area contributed by atoms with E-state index in [9.17, 15) is 9.46 Å². The van der Waals surface area contributed by atoms with Crippen LogP contribution in [0.15, 0.2) is 0 Å². The van der Waals surface area contributed by atoms with E-state index >= 15 is 0 Å². The monoisotopic (exact) mass is 251 g/mol. The molecule has 1 saturated heterocycles. The third-order valence-electron chi connectivity index (χ3n) is 2.10. The van der Waals surface area contributed by atoms with Gasteiger partial charge in [0.15, 0.2) is 0 Å². The van der Waals surface area contributed by atoms with Crippen LogP contribution in [0.5, 0.6) is 0 Å². The van der Waals surface area contributed by atoms with Crippen molar-refractivity contribution in [3.05, 3.63) is 0 Å². The number of ether oxygens (including phenoxy) is 2. The van der Waals surface area contributed by atoms with Crippen molar-refractivity contribution >= 4 is 24.7 Å². The summed E-state index contributed by atoms with van der Waals surface area (Å²) in [5.41, 5.74) is -0.257. The fourth-order valence-electron chi connectivity index (χ4n) is 1.46. The third kappa shape index (κ3) is 3.81. The summed E-state index contributed by atoms with van der Waals surface area (Å²) in [5, 5.41) is 0. The fourth-order valence-corrected chi connectivity index (χ4v) is 2.73. The van der Waals surface area contributed by atoms with Crippen LogP contribution < -0.4 is 4.89 Å². The second-order valence-corrected chi connectivity index (χ2v) is 6.04. The Kier molecular flexibility index (Phi) is 4.78. The molecule has 2 radical (unpaired) electrons. The molecule has 1 heterocycles. The van der Waals surface area contributed by atoms with Crippen LogP contribution in [0.1, 0.15) is 0 Å². The normalized spacial score (nSPS) is 40.3. The van der Waals surface area contributed by atoms with E-state index in [0.29, 0.717) is 0 Å². The predicted molar refractivity (Wildman–Crippen MR) is 58.2 cm³/mol. The van der Waals surface area contributed by atoms with Crippen LogP contribution in [0, 0.1) is 0 Å². The number of rotatable bonds is 4. The topological polar surface area (TPSA) is 67.8 Å². The zero-order valence-electron chi connectivity index (χ0n) is 8.66. The second kappa shape index (κ2) is 5.26. The highest BCUT2D eigenvalue weighted by atomic mass is 31.2. The molecular weight excluding hydrogens is 237 g/mol. The quantitative estimate of drug-likeness (QED) is 0.490. The lowest BCUT2D eigenvalue weighted by molar-refractivity contribution is -0.202. The van der Waals surface area contributed by atoms with Crippen molar-refractivity contribution in [3.8, 4) is 0 Å². The maximum atomic E-state index is 11.0. The molecule has 0 spiro atoms. The van der Waals surface area contributed by atoms with Gasteiger partial charge in [-0.2, -0.15) is 0 Å². The first-order valence-electron chi connectivity index (χ1n) is 4.47. The van der Waals surface area contributed by atoms with Gasteiger partial charge in [0.1, 0.15) is 27.6 Å². The van der Waals surface area contributed by atoms with E-state index in [4.69, 9.17) is 21.8 Å². The molecule has 0 aliphatic carbocycles. The molecule has 5 nitrogen and oxygen atoms in total. The Labute approximate surface area is 93.0 Å². The average Bonchev–Trinajstić information content (AvgIpc) is 2.32. The van der Waals surface area contributed by atoms with Crippen molar-refractivity contribution in [3.63, 3.8) is 0 Å². The van der Waals surface area contributed by atoms with Crippen LogP contribution in [0.25, 0.3) is 0 Å². The Balaban J connectivity index is 2.68. The maximum absolute atomic E-state index is 11.0. The minimum Gasteiger partial charge on any atom is -0.779 e. The minimum atomic E-state index is -3.79. The maximum Gasteiger partial charge on any atom is 0.132 e. The van der Waals surface area contributed by atoms with Gasteiger partial charge in [0.05, 0.1) is 6.61 Å². The Hall–Kier alpha value is 0.565. The molecule has 0 aromatic rings. The summed E-state index contributed by atoms with van der Waals surface area (Å²) in [5.74, 6) is 0. The van der Waals surface area contributed by atoms with Crippen LogP contribution in [0.4, 0.5) is 0 Å². The van der Waals surface area contributed by atoms with Crippen molar-refractivity contribution in [2.45, 2.75) is 23.9 Å². The molecule has 0 aromatic carbocycles. The Morgan fingerprint density at radius 1 is 1.67 bits per heavy atom. The molecule has 8 heteroatoms. The van der Waals surface area contributed by atoms with E-state index in [0.717, 1.165) is 6.66 Å². The Morgan fingerprint density at radius 2 is 2.27 bits per heavy atom. The van der Waals surface area contributed by atoms with Crippen molar-refractivity contribution in [1.29, 1.82) is 0 Å². The molecule has 0 bridgehead atoms. The molecule has 15 heavy (non-hydrogen) atoms. The molecule has 0 aromatic heterocycles. The highest BCUT2D eigenvalue weighted by Crippen LogP contribution is 2.40. The summed E-state index contributed by atoms with van der Waals surface area (Å²) in [6.07, 6.45) is -1.05. The number of hydrogen-bond acceptors (Lipinski definition) is 5. The third-order valence-corrected chi connectivity index (χ3v) is 3.49. The molecule has 0 N–H and O–H groups in total. The molecule has 1 rings (SSSR count). The highest BCUT2D eigenvalue weighted by molar-refractivity contribution is 7.50. The molecule has 0 amide bonds. The van der Waals surface area contributed by atoms with Crippen LogP contribution in [0.2, 0.25) is 0 Å². The molecule has 1 fully saturated rings.